The lowest BCUT2D eigenvalue weighted by Crippen LogP contribution is -2.48. The highest BCUT2D eigenvalue weighted by Gasteiger charge is 2.27. The van der Waals surface area contributed by atoms with Gasteiger partial charge in [0.15, 0.2) is 0 Å². The van der Waals surface area contributed by atoms with Crippen molar-refractivity contribution in [2.45, 2.75) is 31.8 Å². The predicted molar refractivity (Wildman–Crippen MR) is 80.3 cm³/mol. The fourth-order valence-corrected chi connectivity index (χ4v) is 3.10. The van der Waals surface area contributed by atoms with Crippen molar-refractivity contribution in [1.29, 1.82) is 0 Å². The molecule has 2 rings (SSSR count). The molecule has 2 unspecified atom stereocenters. The molecule has 0 radical (unpaired) electrons. The van der Waals surface area contributed by atoms with Gasteiger partial charge in [-0.25, -0.2) is 0 Å². The third-order valence-electron chi connectivity index (χ3n) is 3.70. The summed E-state index contributed by atoms with van der Waals surface area (Å²) in [5.74, 6) is 1.48. The van der Waals surface area contributed by atoms with Gasteiger partial charge in [0, 0.05) is 25.8 Å². The summed E-state index contributed by atoms with van der Waals surface area (Å²) in [4.78, 5) is 14.2. The molecule has 0 aromatic carbocycles. The van der Waals surface area contributed by atoms with Crippen LogP contribution in [0.2, 0.25) is 0 Å². The number of likely N-dealkylation sites (tertiary alicyclic amines) is 1. The first kappa shape index (κ1) is 15.3. The third kappa shape index (κ3) is 4.21. The van der Waals surface area contributed by atoms with Gasteiger partial charge < -0.3 is 10.6 Å². The topological polar surface area (TPSA) is 77.0 Å². The summed E-state index contributed by atoms with van der Waals surface area (Å²) in [5, 5.41) is 7.81. The van der Waals surface area contributed by atoms with Crippen molar-refractivity contribution < 1.29 is 4.79 Å². The average molecular weight is 297 g/mol. The van der Waals surface area contributed by atoms with Crippen molar-refractivity contribution >= 4 is 17.7 Å². The maximum Gasteiger partial charge on any atom is 0.239 e. The molecule has 0 saturated carbocycles. The molecule has 0 bridgehead atoms. The fourth-order valence-electron chi connectivity index (χ4n) is 2.61. The zero-order chi connectivity index (χ0) is 14.4. The molecule has 2 atom stereocenters. The Morgan fingerprint density at radius 2 is 2.45 bits per heavy atom. The number of hydrogen-bond acceptors (Lipinski definition) is 5. The molecule has 0 aliphatic carbocycles. The van der Waals surface area contributed by atoms with E-state index in [2.05, 4.69) is 10.3 Å². The van der Waals surface area contributed by atoms with Gasteiger partial charge in [-0.2, -0.15) is 11.8 Å². The van der Waals surface area contributed by atoms with Crippen LogP contribution in [0.4, 0.5) is 0 Å². The maximum absolute atomic E-state index is 12.3. The van der Waals surface area contributed by atoms with Crippen LogP contribution in [0.3, 0.4) is 0 Å². The summed E-state index contributed by atoms with van der Waals surface area (Å²) >= 11 is 1.73. The van der Waals surface area contributed by atoms with Gasteiger partial charge >= 0.3 is 0 Å². The minimum atomic E-state index is -0.354. The van der Waals surface area contributed by atoms with Crippen molar-refractivity contribution in [3.05, 3.63) is 12.4 Å². The first-order chi connectivity index (χ1) is 9.70. The quantitative estimate of drug-likeness (QED) is 0.832. The number of amides is 1. The Labute approximate surface area is 124 Å². The van der Waals surface area contributed by atoms with Crippen LogP contribution in [0.5, 0.6) is 0 Å². The molecule has 0 spiro atoms. The molecule has 2 heterocycles. The highest BCUT2D eigenvalue weighted by atomic mass is 32.2. The number of carbonyl (C=O) groups excluding carboxylic acids is 1. The molecule has 1 saturated heterocycles. The number of thioether (sulfide) groups is 1. The van der Waals surface area contributed by atoms with E-state index in [0.29, 0.717) is 5.92 Å². The third-order valence-corrected chi connectivity index (χ3v) is 4.34. The molecule has 1 aliphatic rings. The van der Waals surface area contributed by atoms with Gasteiger partial charge in [-0.1, -0.05) is 5.21 Å². The van der Waals surface area contributed by atoms with E-state index in [1.54, 1.807) is 18.0 Å². The number of nitrogens with two attached hydrogens (primary N) is 1. The van der Waals surface area contributed by atoms with E-state index >= 15 is 0 Å². The molecule has 1 aromatic rings. The van der Waals surface area contributed by atoms with E-state index in [1.165, 1.54) is 0 Å². The van der Waals surface area contributed by atoms with Crippen LogP contribution < -0.4 is 5.73 Å². The lowest BCUT2D eigenvalue weighted by atomic mass is 9.97. The standard InChI is InChI=1S/C13H23N5OS/c1-20-8-4-12(14)13(19)17-6-2-3-11(9-17)10-18-7-5-15-16-18/h5,7,11-12H,2-4,6,8-10,14H2,1H3. The Bertz CT molecular complexity index is 411. The second kappa shape index (κ2) is 7.64. The number of nitrogens with zero attached hydrogens (tertiary/aromatic N) is 4. The van der Waals surface area contributed by atoms with E-state index in [4.69, 9.17) is 5.73 Å². The van der Waals surface area contributed by atoms with Gasteiger partial charge in [0.05, 0.1) is 12.2 Å². The summed E-state index contributed by atoms with van der Waals surface area (Å²) < 4.78 is 1.84. The molecular weight excluding hydrogens is 274 g/mol. The van der Waals surface area contributed by atoms with E-state index in [1.807, 2.05) is 22.0 Å². The van der Waals surface area contributed by atoms with Crippen LogP contribution >= 0.6 is 11.8 Å². The van der Waals surface area contributed by atoms with Crippen molar-refractivity contribution in [2.24, 2.45) is 11.7 Å². The predicted octanol–water partition coefficient (Wildman–Crippen LogP) is 0.597. The first-order valence-corrected chi connectivity index (χ1v) is 8.47. The average Bonchev–Trinajstić information content (AvgIpc) is 2.97. The lowest BCUT2D eigenvalue weighted by molar-refractivity contribution is -0.134. The van der Waals surface area contributed by atoms with Crippen molar-refractivity contribution in [3.63, 3.8) is 0 Å². The number of aromatic nitrogens is 3. The molecule has 1 amide bonds. The smallest absolute Gasteiger partial charge is 0.239 e. The van der Waals surface area contributed by atoms with E-state index < -0.39 is 0 Å². The summed E-state index contributed by atoms with van der Waals surface area (Å²) in [6, 6.07) is -0.354. The Morgan fingerprint density at radius 1 is 1.60 bits per heavy atom. The number of carbonyl (C=O) groups is 1. The second-order valence-corrected chi connectivity index (χ2v) is 6.29. The molecule has 112 valence electrons. The van der Waals surface area contributed by atoms with Gasteiger partial charge in [0.25, 0.3) is 0 Å². The SMILES string of the molecule is CSCCC(N)C(=O)N1CCCC(Cn2ccnn2)C1. The monoisotopic (exact) mass is 297 g/mol. The molecule has 7 heteroatoms. The maximum atomic E-state index is 12.3. The zero-order valence-corrected chi connectivity index (χ0v) is 12.8. The van der Waals surface area contributed by atoms with Gasteiger partial charge in [0.2, 0.25) is 5.91 Å². The molecule has 6 nitrogen and oxygen atoms in total. The Morgan fingerprint density at radius 3 is 3.15 bits per heavy atom. The molecule has 20 heavy (non-hydrogen) atoms. The van der Waals surface area contributed by atoms with Crippen LogP contribution in [-0.4, -0.2) is 56.9 Å². The highest BCUT2D eigenvalue weighted by Crippen LogP contribution is 2.19. The van der Waals surface area contributed by atoms with Gasteiger partial charge in [-0.05, 0) is 37.2 Å². The largest absolute Gasteiger partial charge is 0.341 e. The molecule has 2 N–H and O–H groups in total. The van der Waals surface area contributed by atoms with Gasteiger partial charge in [-0.15, -0.1) is 5.10 Å². The van der Waals surface area contributed by atoms with E-state index in [9.17, 15) is 4.79 Å². The van der Waals surface area contributed by atoms with Crippen molar-refractivity contribution in [1.82, 2.24) is 19.9 Å². The second-order valence-electron chi connectivity index (χ2n) is 5.31. The molecule has 1 aliphatic heterocycles. The fraction of sp³-hybridized carbons (Fsp3) is 0.769. The first-order valence-electron chi connectivity index (χ1n) is 7.08. The number of piperidine rings is 1. The lowest BCUT2D eigenvalue weighted by Gasteiger charge is -2.34. The van der Waals surface area contributed by atoms with Gasteiger partial charge in [-0.3, -0.25) is 9.48 Å². The van der Waals surface area contributed by atoms with E-state index in [-0.39, 0.29) is 11.9 Å². The molecular formula is C13H23N5OS. The summed E-state index contributed by atoms with van der Waals surface area (Å²) in [6.45, 7) is 2.44. The van der Waals surface area contributed by atoms with Crippen molar-refractivity contribution in [2.75, 3.05) is 25.1 Å². The van der Waals surface area contributed by atoms with E-state index in [0.717, 1.165) is 44.6 Å². The molecule has 1 fully saturated rings. The highest BCUT2D eigenvalue weighted by molar-refractivity contribution is 7.98. The zero-order valence-electron chi connectivity index (χ0n) is 11.9. The number of hydrogen-bond donors (Lipinski definition) is 1. The Balaban J connectivity index is 1.84. The van der Waals surface area contributed by atoms with Crippen LogP contribution in [0, 0.1) is 5.92 Å². The van der Waals surface area contributed by atoms with Crippen LogP contribution in [0.15, 0.2) is 12.4 Å². The minimum Gasteiger partial charge on any atom is -0.341 e. The van der Waals surface area contributed by atoms with Crippen LogP contribution in [0.25, 0.3) is 0 Å². The Hall–Kier alpha value is -1.08. The van der Waals surface area contributed by atoms with Crippen molar-refractivity contribution in [3.8, 4) is 0 Å². The summed E-state index contributed by atoms with van der Waals surface area (Å²) in [5.41, 5.74) is 5.98. The van der Waals surface area contributed by atoms with Gasteiger partial charge in [0.1, 0.15) is 0 Å². The van der Waals surface area contributed by atoms with Crippen LogP contribution in [-0.2, 0) is 11.3 Å². The summed E-state index contributed by atoms with van der Waals surface area (Å²) in [6.07, 6.45) is 8.51. The van der Waals surface area contributed by atoms with Crippen LogP contribution in [0.1, 0.15) is 19.3 Å². The normalized spacial score (nSPS) is 20.9. The minimum absolute atomic E-state index is 0.0994. The Kier molecular flexibility index (Phi) is 5.85. The summed E-state index contributed by atoms with van der Waals surface area (Å²) in [7, 11) is 0. The molecule has 1 aromatic heterocycles. The number of rotatable bonds is 6.